The van der Waals surface area contributed by atoms with Crippen molar-refractivity contribution in [3.8, 4) is 0 Å². The SMILES string of the molecule is O=C(NCCc1ccncc1)[C@H]1C[C@@H]2CCN(c3ncccn3)C[C@H]2O1. The number of ether oxygens (including phenoxy) is 1. The Hall–Kier alpha value is -2.54. The second-order valence-corrected chi connectivity index (χ2v) is 6.84. The minimum Gasteiger partial charge on any atom is -0.363 e. The van der Waals surface area contributed by atoms with Gasteiger partial charge in [-0.25, -0.2) is 9.97 Å². The first-order chi connectivity index (χ1) is 12.8. The van der Waals surface area contributed by atoms with Crippen LogP contribution in [0.5, 0.6) is 0 Å². The predicted octanol–water partition coefficient (Wildman–Crippen LogP) is 1.21. The largest absolute Gasteiger partial charge is 0.363 e. The fourth-order valence-corrected chi connectivity index (χ4v) is 3.73. The highest BCUT2D eigenvalue weighted by atomic mass is 16.5. The van der Waals surface area contributed by atoms with E-state index in [1.54, 1.807) is 24.8 Å². The molecule has 0 bridgehead atoms. The highest BCUT2D eigenvalue weighted by molar-refractivity contribution is 5.81. The summed E-state index contributed by atoms with van der Waals surface area (Å²) in [6, 6.07) is 5.74. The fourth-order valence-electron chi connectivity index (χ4n) is 3.73. The number of rotatable bonds is 5. The van der Waals surface area contributed by atoms with Crippen molar-refractivity contribution in [1.82, 2.24) is 20.3 Å². The van der Waals surface area contributed by atoms with Crippen molar-refractivity contribution in [3.05, 3.63) is 48.5 Å². The van der Waals surface area contributed by atoms with E-state index in [4.69, 9.17) is 4.74 Å². The summed E-state index contributed by atoms with van der Waals surface area (Å²) in [6.07, 6.45) is 9.37. The van der Waals surface area contributed by atoms with Crippen LogP contribution in [0.25, 0.3) is 0 Å². The normalized spacial score (nSPS) is 24.9. The van der Waals surface area contributed by atoms with Gasteiger partial charge in [0.1, 0.15) is 6.10 Å². The van der Waals surface area contributed by atoms with Crippen molar-refractivity contribution in [2.45, 2.75) is 31.5 Å². The lowest BCUT2D eigenvalue weighted by atomic mass is 9.92. The van der Waals surface area contributed by atoms with Crippen LogP contribution >= 0.6 is 0 Å². The molecule has 2 aliphatic rings. The van der Waals surface area contributed by atoms with E-state index in [9.17, 15) is 4.79 Å². The number of carbonyl (C=O) groups excluding carboxylic acids is 1. The van der Waals surface area contributed by atoms with Gasteiger partial charge in [-0.2, -0.15) is 0 Å². The van der Waals surface area contributed by atoms with Crippen molar-refractivity contribution < 1.29 is 9.53 Å². The van der Waals surface area contributed by atoms with E-state index in [2.05, 4.69) is 25.2 Å². The molecule has 0 radical (unpaired) electrons. The molecule has 1 N–H and O–H groups in total. The van der Waals surface area contributed by atoms with E-state index >= 15 is 0 Å². The molecule has 7 heteroatoms. The molecule has 4 rings (SSSR count). The maximum atomic E-state index is 12.4. The summed E-state index contributed by atoms with van der Waals surface area (Å²) >= 11 is 0. The van der Waals surface area contributed by atoms with Crippen molar-refractivity contribution >= 4 is 11.9 Å². The second kappa shape index (κ2) is 7.78. The molecule has 4 heterocycles. The summed E-state index contributed by atoms with van der Waals surface area (Å²) in [5.74, 6) is 1.17. The van der Waals surface area contributed by atoms with E-state index in [-0.39, 0.29) is 18.1 Å². The molecule has 7 nitrogen and oxygen atoms in total. The number of nitrogens with zero attached hydrogens (tertiary/aromatic N) is 4. The molecule has 0 saturated carbocycles. The van der Waals surface area contributed by atoms with Crippen LogP contribution in [-0.4, -0.2) is 52.7 Å². The molecule has 3 atom stereocenters. The summed E-state index contributed by atoms with van der Waals surface area (Å²) < 4.78 is 6.06. The Morgan fingerprint density at radius 1 is 1.23 bits per heavy atom. The molecule has 2 fully saturated rings. The molecule has 26 heavy (non-hydrogen) atoms. The lowest BCUT2D eigenvalue weighted by Gasteiger charge is -2.33. The van der Waals surface area contributed by atoms with Gasteiger partial charge in [0, 0.05) is 44.4 Å². The van der Waals surface area contributed by atoms with Crippen LogP contribution in [0.2, 0.25) is 0 Å². The number of hydrogen-bond acceptors (Lipinski definition) is 6. The van der Waals surface area contributed by atoms with Gasteiger partial charge in [0.25, 0.3) is 0 Å². The molecule has 1 amide bonds. The van der Waals surface area contributed by atoms with Crippen LogP contribution < -0.4 is 10.2 Å². The smallest absolute Gasteiger partial charge is 0.249 e. The van der Waals surface area contributed by atoms with Gasteiger partial charge >= 0.3 is 0 Å². The molecule has 2 saturated heterocycles. The van der Waals surface area contributed by atoms with Gasteiger partial charge in [0.15, 0.2) is 0 Å². The Morgan fingerprint density at radius 3 is 2.85 bits per heavy atom. The van der Waals surface area contributed by atoms with Gasteiger partial charge in [-0.1, -0.05) is 0 Å². The molecule has 2 aliphatic heterocycles. The minimum absolute atomic E-state index is 0.00373. The van der Waals surface area contributed by atoms with Gasteiger partial charge in [-0.3, -0.25) is 9.78 Å². The first-order valence-electron chi connectivity index (χ1n) is 9.13. The Labute approximate surface area is 152 Å². The third-order valence-electron chi connectivity index (χ3n) is 5.14. The fraction of sp³-hybridized carbons (Fsp3) is 0.474. The Morgan fingerprint density at radius 2 is 2.04 bits per heavy atom. The second-order valence-electron chi connectivity index (χ2n) is 6.84. The first kappa shape index (κ1) is 16.9. The molecule has 0 aliphatic carbocycles. The van der Waals surface area contributed by atoms with Gasteiger partial charge < -0.3 is 15.0 Å². The lowest BCUT2D eigenvalue weighted by molar-refractivity contribution is -0.131. The van der Waals surface area contributed by atoms with Crippen LogP contribution in [0, 0.1) is 5.92 Å². The van der Waals surface area contributed by atoms with E-state index in [1.165, 1.54) is 5.56 Å². The van der Waals surface area contributed by atoms with E-state index in [0.717, 1.165) is 38.3 Å². The van der Waals surface area contributed by atoms with Crippen LogP contribution in [0.15, 0.2) is 43.0 Å². The predicted molar refractivity (Wildman–Crippen MR) is 96.6 cm³/mol. The third-order valence-corrected chi connectivity index (χ3v) is 5.14. The first-order valence-corrected chi connectivity index (χ1v) is 9.13. The number of amides is 1. The van der Waals surface area contributed by atoms with Crippen molar-refractivity contribution in [3.63, 3.8) is 0 Å². The Bertz CT molecular complexity index is 727. The molecular weight excluding hydrogens is 330 g/mol. The van der Waals surface area contributed by atoms with Gasteiger partial charge in [-0.15, -0.1) is 0 Å². The summed E-state index contributed by atoms with van der Waals surface area (Å²) in [5.41, 5.74) is 1.17. The van der Waals surface area contributed by atoms with Gasteiger partial charge in [0.05, 0.1) is 6.10 Å². The number of anilines is 1. The van der Waals surface area contributed by atoms with Gasteiger partial charge in [0.2, 0.25) is 11.9 Å². The average Bonchev–Trinajstić information content (AvgIpc) is 3.13. The van der Waals surface area contributed by atoms with Crippen molar-refractivity contribution in [1.29, 1.82) is 0 Å². The number of piperidine rings is 1. The highest BCUT2D eigenvalue weighted by Crippen LogP contribution is 2.34. The molecule has 0 spiro atoms. The van der Waals surface area contributed by atoms with Crippen LogP contribution in [-0.2, 0) is 16.0 Å². The summed E-state index contributed by atoms with van der Waals surface area (Å²) in [7, 11) is 0. The number of carbonyl (C=O) groups is 1. The number of pyridine rings is 1. The van der Waals surface area contributed by atoms with Crippen molar-refractivity contribution in [2.75, 3.05) is 24.5 Å². The average molecular weight is 353 g/mol. The van der Waals surface area contributed by atoms with Crippen molar-refractivity contribution in [2.24, 2.45) is 5.92 Å². The van der Waals surface area contributed by atoms with E-state index < -0.39 is 0 Å². The van der Waals surface area contributed by atoms with E-state index in [1.807, 2.05) is 18.2 Å². The number of aromatic nitrogens is 3. The Kier molecular flexibility index (Phi) is 5.06. The molecule has 0 aromatic carbocycles. The molecule has 136 valence electrons. The molecule has 2 aromatic heterocycles. The van der Waals surface area contributed by atoms with E-state index in [0.29, 0.717) is 12.5 Å². The number of nitrogens with one attached hydrogen (secondary N) is 1. The monoisotopic (exact) mass is 353 g/mol. The third kappa shape index (κ3) is 3.83. The summed E-state index contributed by atoms with van der Waals surface area (Å²) in [6.45, 7) is 2.27. The standard InChI is InChI=1S/C19H23N5O2/c25-18(21-10-4-14-2-8-20-9-3-14)16-12-15-5-11-24(13-17(15)26-16)19-22-6-1-7-23-19/h1-3,6-9,15-17H,4-5,10-13H2,(H,21,25)/t15-,16+,17+/m0/s1. The maximum absolute atomic E-state index is 12.4. The highest BCUT2D eigenvalue weighted by Gasteiger charge is 2.42. The summed E-state index contributed by atoms with van der Waals surface area (Å²) in [5, 5.41) is 3.00. The zero-order chi connectivity index (χ0) is 17.8. The van der Waals surface area contributed by atoms with Gasteiger partial charge in [-0.05, 0) is 48.9 Å². The van der Waals surface area contributed by atoms with Crippen LogP contribution in [0.4, 0.5) is 5.95 Å². The number of fused-ring (bicyclic) bond motifs is 1. The quantitative estimate of drug-likeness (QED) is 0.870. The topological polar surface area (TPSA) is 80.2 Å². The zero-order valence-corrected chi connectivity index (χ0v) is 14.6. The minimum atomic E-state index is -0.348. The van der Waals surface area contributed by atoms with Crippen LogP contribution in [0.3, 0.4) is 0 Å². The number of hydrogen-bond donors (Lipinski definition) is 1. The Balaban J connectivity index is 1.27. The molecular formula is C19H23N5O2. The van der Waals surface area contributed by atoms with Crippen LogP contribution in [0.1, 0.15) is 18.4 Å². The zero-order valence-electron chi connectivity index (χ0n) is 14.6. The molecule has 2 aromatic rings. The molecule has 0 unspecified atom stereocenters. The maximum Gasteiger partial charge on any atom is 0.249 e. The summed E-state index contributed by atoms with van der Waals surface area (Å²) in [4.78, 5) is 27.2. The lowest BCUT2D eigenvalue weighted by Crippen LogP contribution is -2.43.